The van der Waals surface area contributed by atoms with Crippen LogP contribution in [0.25, 0.3) is 0 Å². The zero-order chi connectivity index (χ0) is 16.9. The van der Waals surface area contributed by atoms with Gasteiger partial charge in [-0.1, -0.05) is 12.8 Å². The van der Waals surface area contributed by atoms with Crippen molar-refractivity contribution < 1.29 is 9.90 Å². The van der Waals surface area contributed by atoms with Crippen molar-refractivity contribution >= 4 is 11.7 Å². The number of piperidine rings is 1. The van der Waals surface area contributed by atoms with E-state index in [1.165, 1.54) is 6.42 Å². The quantitative estimate of drug-likeness (QED) is 0.793. The Morgan fingerprint density at radius 2 is 2.00 bits per heavy atom. The van der Waals surface area contributed by atoms with Gasteiger partial charge in [-0.2, -0.15) is 0 Å². The molecule has 3 rings (SSSR count). The number of anilines is 1. The summed E-state index contributed by atoms with van der Waals surface area (Å²) in [5.74, 6) is 0. The Kier molecular flexibility index (Phi) is 5.68. The summed E-state index contributed by atoms with van der Waals surface area (Å²) in [4.78, 5) is 18.6. The van der Waals surface area contributed by atoms with E-state index in [1.807, 2.05) is 13.0 Å². The van der Waals surface area contributed by atoms with E-state index in [0.717, 1.165) is 56.4 Å². The first-order chi connectivity index (χ1) is 11.6. The van der Waals surface area contributed by atoms with Crippen LogP contribution < -0.4 is 10.6 Å². The van der Waals surface area contributed by atoms with Crippen LogP contribution in [0.1, 0.15) is 44.1 Å². The summed E-state index contributed by atoms with van der Waals surface area (Å²) < 4.78 is 0. The minimum Gasteiger partial charge on any atom is -0.391 e. The Morgan fingerprint density at radius 1 is 1.25 bits per heavy atom. The van der Waals surface area contributed by atoms with Crippen molar-refractivity contribution in [3.63, 3.8) is 0 Å². The predicted molar refractivity (Wildman–Crippen MR) is 94.0 cm³/mol. The number of pyridine rings is 1. The highest BCUT2D eigenvalue weighted by molar-refractivity contribution is 5.90. The molecule has 0 aromatic carbocycles. The van der Waals surface area contributed by atoms with Crippen LogP contribution in [0.5, 0.6) is 0 Å². The molecule has 0 spiro atoms. The number of carbonyl (C=O) groups excluding carboxylic acids is 1. The highest BCUT2D eigenvalue weighted by atomic mass is 16.3. The smallest absolute Gasteiger partial charge is 0.319 e. The molecule has 2 unspecified atom stereocenters. The Labute approximate surface area is 143 Å². The van der Waals surface area contributed by atoms with Crippen molar-refractivity contribution in [2.75, 3.05) is 18.4 Å². The lowest BCUT2D eigenvalue weighted by molar-refractivity contribution is 0.00786. The first-order valence-electron chi connectivity index (χ1n) is 9.04. The van der Waals surface area contributed by atoms with Crippen LogP contribution in [0.2, 0.25) is 0 Å². The van der Waals surface area contributed by atoms with Crippen molar-refractivity contribution in [1.82, 2.24) is 15.2 Å². The molecule has 1 aliphatic heterocycles. The zero-order valence-corrected chi connectivity index (χ0v) is 14.4. The number of aliphatic hydroxyl groups excluding tert-OH is 1. The number of hydrogen-bond donors (Lipinski definition) is 3. The van der Waals surface area contributed by atoms with E-state index in [-0.39, 0.29) is 18.2 Å². The molecule has 1 saturated carbocycles. The maximum atomic E-state index is 12.2. The highest BCUT2D eigenvalue weighted by Crippen LogP contribution is 2.26. The molecule has 1 aromatic heterocycles. The van der Waals surface area contributed by atoms with Crippen molar-refractivity contribution in [2.45, 2.75) is 63.6 Å². The molecule has 1 aromatic rings. The molecule has 1 aliphatic carbocycles. The fourth-order valence-electron chi connectivity index (χ4n) is 3.85. The molecule has 2 aliphatic rings. The summed E-state index contributed by atoms with van der Waals surface area (Å²) in [5, 5.41) is 16.2. The van der Waals surface area contributed by atoms with Gasteiger partial charge in [0.25, 0.3) is 0 Å². The number of aryl methyl sites for hydroxylation is 1. The fraction of sp³-hybridized carbons (Fsp3) is 0.667. The van der Waals surface area contributed by atoms with Crippen LogP contribution in [-0.2, 0) is 0 Å². The third-order valence-corrected chi connectivity index (χ3v) is 5.30. The van der Waals surface area contributed by atoms with Crippen LogP contribution >= 0.6 is 0 Å². The van der Waals surface area contributed by atoms with Gasteiger partial charge in [0.15, 0.2) is 0 Å². The Morgan fingerprint density at radius 3 is 2.71 bits per heavy atom. The van der Waals surface area contributed by atoms with Crippen LogP contribution in [-0.4, -0.2) is 52.3 Å². The van der Waals surface area contributed by atoms with Crippen LogP contribution in [0, 0.1) is 6.92 Å². The number of rotatable bonds is 3. The third kappa shape index (κ3) is 4.24. The first kappa shape index (κ1) is 17.2. The summed E-state index contributed by atoms with van der Waals surface area (Å²) in [6, 6.07) is 2.17. The minimum absolute atomic E-state index is 0.152. The molecular weight excluding hydrogens is 304 g/mol. The second kappa shape index (κ2) is 7.94. The van der Waals surface area contributed by atoms with Gasteiger partial charge >= 0.3 is 6.03 Å². The largest absolute Gasteiger partial charge is 0.391 e. The molecule has 3 N–H and O–H groups in total. The number of hydrogen-bond acceptors (Lipinski definition) is 4. The molecule has 6 nitrogen and oxygen atoms in total. The lowest BCUT2D eigenvalue weighted by Gasteiger charge is -2.41. The summed E-state index contributed by atoms with van der Waals surface area (Å²) in [7, 11) is 0. The predicted octanol–water partition coefficient (Wildman–Crippen LogP) is 2.28. The van der Waals surface area contributed by atoms with Crippen molar-refractivity contribution in [3.05, 3.63) is 24.0 Å². The standard InChI is InChI=1S/C18H28N4O2/c1-13-12-19-9-6-15(13)21-18(24)20-14-7-10-22(11-8-14)16-4-2-3-5-17(16)23/h6,9,12,14,16-17,23H,2-5,7-8,10-11H2,1H3,(H2,19,20,21,24). The number of amides is 2. The maximum absolute atomic E-state index is 12.2. The normalized spacial score (nSPS) is 26.1. The zero-order valence-electron chi connectivity index (χ0n) is 14.4. The van der Waals surface area contributed by atoms with Crippen LogP contribution in [0.4, 0.5) is 10.5 Å². The number of carbonyl (C=O) groups is 1. The molecule has 2 atom stereocenters. The van der Waals surface area contributed by atoms with Crippen molar-refractivity contribution in [1.29, 1.82) is 0 Å². The SMILES string of the molecule is Cc1cnccc1NC(=O)NC1CCN(C2CCCCC2O)CC1. The van der Waals surface area contributed by atoms with E-state index in [0.29, 0.717) is 6.04 Å². The topological polar surface area (TPSA) is 77.5 Å². The van der Waals surface area contributed by atoms with E-state index in [2.05, 4.69) is 20.5 Å². The van der Waals surface area contributed by atoms with E-state index in [1.54, 1.807) is 12.4 Å². The summed E-state index contributed by atoms with van der Waals surface area (Å²) in [6.45, 7) is 3.82. The molecule has 6 heteroatoms. The van der Waals surface area contributed by atoms with Gasteiger partial charge < -0.3 is 15.7 Å². The van der Waals surface area contributed by atoms with Gasteiger partial charge in [-0.05, 0) is 44.2 Å². The van der Waals surface area contributed by atoms with Gasteiger partial charge in [0.2, 0.25) is 0 Å². The molecular formula is C18H28N4O2. The summed E-state index contributed by atoms with van der Waals surface area (Å²) in [5.41, 5.74) is 1.75. The van der Waals surface area contributed by atoms with E-state index < -0.39 is 0 Å². The average Bonchev–Trinajstić information content (AvgIpc) is 2.58. The fourth-order valence-corrected chi connectivity index (χ4v) is 3.85. The van der Waals surface area contributed by atoms with E-state index in [9.17, 15) is 9.90 Å². The Hall–Kier alpha value is -1.66. The molecule has 24 heavy (non-hydrogen) atoms. The van der Waals surface area contributed by atoms with Crippen molar-refractivity contribution in [3.8, 4) is 0 Å². The average molecular weight is 332 g/mol. The van der Waals surface area contributed by atoms with E-state index in [4.69, 9.17) is 0 Å². The van der Waals surface area contributed by atoms with Crippen LogP contribution in [0.15, 0.2) is 18.5 Å². The van der Waals surface area contributed by atoms with Gasteiger partial charge in [-0.3, -0.25) is 9.88 Å². The number of aliphatic hydroxyl groups is 1. The van der Waals surface area contributed by atoms with Gasteiger partial charge in [-0.15, -0.1) is 0 Å². The first-order valence-corrected chi connectivity index (χ1v) is 9.04. The Balaban J connectivity index is 1.45. The number of urea groups is 1. The Bertz CT molecular complexity index is 558. The van der Waals surface area contributed by atoms with Gasteiger partial charge in [0, 0.05) is 43.3 Å². The molecule has 2 heterocycles. The molecule has 2 fully saturated rings. The molecule has 1 saturated heterocycles. The van der Waals surface area contributed by atoms with Gasteiger partial charge in [0.1, 0.15) is 0 Å². The summed E-state index contributed by atoms with van der Waals surface area (Å²) >= 11 is 0. The number of nitrogens with zero attached hydrogens (tertiary/aromatic N) is 2. The van der Waals surface area contributed by atoms with Gasteiger partial charge in [0.05, 0.1) is 6.10 Å². The second-order valence-electron chi connectivity index (χ2n) is 7.02. The molecule has 132 valence electrons. The maximum Gasteiger partial charge on any atom is 0.319 e. The lowest BCUT2D eigenvalue weighted by atomic mass is 9.89. The number of aromatic nitrogens is 1. The molecule has 0 bridgehead atoms. The molecule has 0 radical (unpaired) electrons. The monoisotopic (exact) mass is 332 g/mol. The number of likely N-dealkylation sites (tertiary alicyclic amines) is 1. The van der Waals surface area contributed by atoms with E-state index >= 15 is 0 Å². The molecule has 2 amide bonds. The summed E-state index contributed by atoms with van der Waals surface area (Å²) in [6.07, 6.45) is 9.49. The number of nitrogens with one attached hydrogen (secondary N) is 2. The van der Waals surface area contributed by atoms with Crippen LogP contribution in [0.3, 0.4) is 0 Å². The van der Waals surface area contributed by atoms with Gasteiger partial charge in [-0.25, -0.2) is 4.79 Å². The second-order valence-corrected chi connectivity index (χ2v) is 7.02. The third-order valence-electron chi connectivity index (χ3n) is 5.30. The lowest BCUT2D eigenvalue weighted by Crippen LogP contribution is -2.52. The van der Waals surface area contributed by atoms with Crippen molar-refractivity contribution in [2.24, 2.45) is 0 Å². The minimum atomic E-state index is -0.179. The highest BCUT2D eigenvalue weighted by Gasteiger charge is 2.31.